The summed E-state index contributed by atoms with van der Waals surface area (Å²) in [6, 6.07) is 7.80. The summed E-state index contributed by atoms with van der Waals surface area (Å²) in [5.74, 6) is 0.192. The van der Waals surface area contributed by atoms with Gasteiger partial charge in [-0.2, -0.15) is 0 Å². The predicted molar refractivity (Wildman–Crippen MR) is 84.5 cm³/mol. The number of hydrogen-bond acceptors (Lipinski definition) is 3. The molecule has 0 aromatic heterocycles. The van der Waals surface area contributed by atoms with Crippen LogP contribution in [0.3, 0.4) is 0 Å². The molecule has 1 heterocycles. The molecule has 5 heteroatoms. The van der Waals surface area contributed by atoms with Gasteiger partial charge in [0.25, 0.3) is 0 Å². The van der Waals surface area contributed by atoms with Crippen LogP contribution >= 0.6 is 11.6 Å². The van der Waals surface area contributed by atoms with Gasteiger partial charge in [-0.3, -0.25) is 4.79 Å². The van der Waals surface area contributed by atoms with Crippen LogP contribution in [0.15, 0.2) is 24.3 Å². The molecule has 0 spiro atoms. The fourth-order valence-electron chi connectivity index (χ4n) is 2.42. The summed E-state index contributed by atoms with van der Waals surface area (Å²) in [5.41, 5.74) is 0.973. The molecule has 1 amide bonds. The van der Waals surface area contributed by atoms with Crippen molar-refractivity contribution in [1.82, 2.24) is 10.2 Å². The zero-order chi connectivity index (χ0) is 15.3. The number of carbonyl (C=O) groups is 1. The van der Waals surface area contributed by atoms with E-state index < -0.39 is 0 Å². The van der Waals surface area contributed by atoms with Crippen molar-refractivity contribution in [1.29, 1.82) is 0 Å². The van der Waals surface area contributed by atoms with E-state index in [1.54, 1.807) is 0 Å². The quantitative estimate of drug-likeness (QED) is 0.908. The SMILES string of the molecule is CC(C)(NCCC(=O)N1CCOCC1)c1ccc(Cl)cc1. The third-order valence-electron chi connectivity index (χ3n) is 3.84. The van der Waals surface area contributed by atoms with Gasteiger partial charge in [-0.15, -0.1) is 0 Å². The maximum Gasteiger partial charge on any atom is 0.224 e. The Bertz CT molecular complexity index is 468. The number of nitrogens with zero attached hydrogens (tertiary/aromatic N) is 1. The first-order valence-corrected chi connectivity index (χ1v) is 7.73. The van der Waals surface area contributed by atoms with Gasteiger partial charge in [0.15, 0.2) is 0 Å². The first kappa shape index (κ1) is 16.3. The monoisotopic (exact) mass is 310 g/mol. The minimum atomic E-state index is -0.185. The Morgan fingerprint density at radius 3 is 2.52 bits per heavy atom. The second-order valence-electron chi connectivity index (χ2n) is 5.80. The molecule has 2 rings (SSSR count). The molecule has 0 atom stereocenters. The molecule has 4 nitrogen and oxygen atoms in total. The maximum atomic E-state index is 12.1. The summed E-state index contributed by atoms with van der Waals surface area (Å²) in [5, 5.41) is 4.18. The predicted octanol–water partition coefficient (Wildman–Crippen LogP) is 2.41. The Morgan fingerprint density at radius 2 is 1.90 bits per heavy atom. The van der Waals surface area contributed by atoms with Crippen LogP contribution in [0.5, 0.6) is 0 Å². The summed E-state index contributed by atoms with van der Waals surface area (Å²) in [7, 11) is 0. The number of ether oxygens (including phenoxy) is 1. The molecule has 0 aliphatic carbocycles. The standard InChI is InChI=1S/C16H23ClN2O2/c1-16(2,13-3-5-14(17)6-4-13)18-8-7-15(20)19-9-11-21-12-10-19/h3-6,18H,7-12H2,1-2H3. The van der Waals surface area contributed by atoms with Crippen molar-refractivity contribution in [3.05, 3.63) is 34.9 Å². The fraction of sp³-hybridized carbons (Fsp3) is 0.562. The lowest BCUT2D eigenvalue weighted by molar-refractivity contribution is -0.135. The van der Waals surface area contributed by atoms with E-state index in [-0.39, 0.29) is 11.4 Å². The van der Waals surface area contributed by atoms with Crippen LogP contribution in [-0.4, -0.2) is 43.7 Å². The second-order valence-corrected chi connectivity index (χ2v) is 6.24. The van der Waals surface area contributed by atoms with E-state index >= 15 is 0 Å². The van der Waals surface area contributed by atoms with E-state index in [9.17, 15) is 4.79 Å². The molecule has 1 aliphatic rings. The molecular weight excluding hydrogens is 288 g/mol. The van der Waals surface area contributed by atoms with Gasteiger partial charge in [-0.1, -0.05) is 23.7 Å². The highest BCUT2D eigenvalue weighted by atomic mass is 35.5. The van der Waals surface area contributed by atoms with Crippen LogP contribution < -0.4 is 5.32 Å². The molecule has 1 aromatic rings. The summed E-state index contributed by atoms with van der Waals surface area (Å²) in [6.45, 7) is 7.58. The highest BCUT2D eigenvalue weighted by Crippen LogP contribution is 2.21. The van der Waals surface area contributed by atoms with Crippen LogP contribution in [0, 0.1) is 0 Å². The first-order chi connectivity index (χ1) is 9.99. The highest BCUT2D eigenvalue weighted by molar-refractivity contribution is 6.30. The average molecular weight is 311 g/mol. The van der Waals surface area contributed by atoms with Gasteiger partial charge in [0.1, 0.15) is 0 Å². The number of rotatable bonds is 5. The average Bonchev–Trinajstić information content (AvgIpc) is 2.48. The van der Waals surface area contributed by atoms with E-state index in [1.807, 2.05) is 29.2 Å². The Balaban J connectivity index is 1.81. The van der Waals surface area contributed by atoms with Crippen molar-refractivity contribution in [2.24, 2.45) is 0 Å². The number of morpholine rings is 1. The molecule has 1 aromatic carbocycles. The third-order valence-corrected chi connectivity index (χ3v) is 4.09. The molecule has 1 N–H and O–H groups in total. The van der Waals surface area contributed by atoms with Crippen molar-refractivity contribution >= 4 is 17.5 Å². The first-order valence-electron chi connectivity index (χ1n) is 7.35. The Morgan fingerprint density at radius 1 is 1.29 bits per heavy atom. The summed E-state index contributed by atoms with van der Waals surface area (Å²) >= 11 is 5.91. The van der Waals surface area contributed by atoms with Crippen molar-refractivity contribution in [2.45, 2.75) is 25.8 Å². The highest BCUT2D eigenvalue weighted by Gasteiger charge is 2.21. The van der Waals surface area contributed by atoms with Gasteiger partial charge in [0.2, 0.25) is 5.91 Å². The molecule has 0 radical (unpaired) electrons. The summed E-state index contributed by atoms with van der Waals surface area (Å²) in [4.78, 5) is 14.0. The van der Waals surface area contributed by atoms with Gasteiger partial charge < -0.3 is 15.0 Å². The lowest BCUT2D eigenvalue weighted by Gasteiger charge is -2.29. The van der Waals surface area contributed by atoms with Crippen molar-refractivity contribution in [2.75, 3.05) is 32.8 Å². The lowest BCUT2D eigenvalue weighted by Crippen LogP contribution is -2.43. The second kappa shape index (κ2) is 7.25. The Labute approximate surface area is 131 Å². The van der Waals surface area contributed by atoms with Crippen molar-refractivity contribution in [3.8, 4) is 0 Å². The zero-order valence-corrected chi connectivity index (χ0v) is 13.4. The maximum absolute atomic E-state index is 12.1. The van der Waals surface area contributed by atoms with Crippen LogP contribution in [-0.2, 0) is 15.1 Å². The summed E-state index contributed by atoms with van der Waals surface area (Å²) in [6.07, 6.45) is 0.511. The van der Waals surface area contributed by atoms with Crippen LogP contribution in [0.4, 0.5) is 0 Å². The number of amides is 1. The smallest absolute Gasteiger partial charge is 0.224 e. The third kappa shape index (κ3) is 4.70. The van der Waals surface area contributed by atoms with Crippen LogP contribution in [0.25, 0.3) is 0 Å². The molecule has 21 heavy (non-hydrogen) atoms. The minimum absolute atomic E-state index is 0.185. The molecule has 0 saturated carbocycles. The number of benzene rings is 1. The van der Waals surface area contributed by atoms with Crippen LogP contribution in [0.1, 0.15) is 25.8 Å². The largest absolute Gasteiger partial charge is 0.378 e. The van der Waals surface area contributed by atoms with Gasteiger partial charge in [0.05, 0.1) is 13.2 Å². The summed E-state index contributed by atoms with van der Waals surface area (Å²) < 4.78 is 5.26. The van der Waals surface area contributed by atoms with Gasteiger partial charge in [-0.25, -0.2) is 0 Å². The van der Waals surface area contributed by atoms with Crippen LogP contribution in [0.2, 0.25) is 5.02 Å². The molecule has 116 valence electrons. The van der Waals surface area contributed by atoms with E-state index in [0.717, 1.165) is 10.6 Å². The topological polar surface area (TPSA) is 41.6 Å². The normalized spacial score (nSPS) is 16.0. The fourth-order valence-corrected chi connectivity index (χ4v) is 2.55. The number of nitrogens with one attached hydrogen (secondary N) is 1. The molecule has 1 fully saturated rings. The molecule has 1 saturated heterocycles. The van der Waals surface area contributed by atoms with E-state index in [4.69, 9.17) is 16.3 Å². The van der Waals surface area contributed by atoms with E-state index in [2.05, 4.69) is 19.2 Å². The zero-order valence-electron chi connectivity index (χ0n) is 12.7. The number of halogens is 1. The van der Waals surface area contributed by atoms with Crippen molar-refractivity contribution < 1.29 is 9.53 Å². The minimum Gasteiger partial charge on any atom is -0.378 e. The van der Waals surface area contributed by atoms with Gasteiger partial charge in [-0.05, 0) is 31.5 Å². The molecule has 0 unspecified atom stereocenters. The number of carbonyl (C=O) groups excluding carboxylic acids is 1. The Hall–Kier alpha value is -1.10. The number of hydrogen-bond donors (Lipinski definition) is 1. The molecular formula is C16H23ClN2O2. The van der Waals surface area contributed by atoms with Gasteiger partial charge in [0, 0.05) is 36.6 Å². The lowest BCUT2D eigenvalue weighted by atomic mass is 9.94. The molecule has 1 aliphatic heterocycles. The van der Waals surface area contributed by atoms with E-state index in [0.29, 0.717) is 39.3 Å². The molecule has 0 bridgehead atoms. The van der Waals surface area contributed by atoms with E-state index in [1.165, 1.54) is 0 Å². The Kier molecular flexibility index (Phi) is 5.62. The van der Waals surface area contributed by atoms with Crippen molar-refractivity contribution in [3.63, 3.8) is 0 Å². The van der Waals surface area contributed by atoms with Gasteiger partial charge >= 0.3 is 0 Å².